The highest BCUT2D eigenvalue weighted by atomic mass is 32.2. The molecule has 6 heteroatoms. The zero-order valence-corrected chi connectivity index (χ0v) is 9.55. The highest BCUT2D eigenvalue weighted by Crippen LogP contribution is 2.21. The van der Waals surface area contributed by atoms with Crippen LogP contribution < -0.4 is 5.32 Å². The van der Waals surface area contributed by atoms with E-state index in [4.69, 9.17) is 5.11 Å². The first-order valence-electron chi connectivity index (χ1n) is 4.91. The van der Waals surface area contributed by atoms with Gasteiger partial charge in [-0.1, -0.05) is 0 Å². The van der Waals surface area contributed by atoms with E-state index in [2.05, 4.69) is 5.32 Å². The third kappa shape index (κ3) is 3.39. The van der Waals surface area contributed by atoms with Gasteiger partial charge in [-0.15, -0.1) is 11.8 Å². The number of rotatable bonds is 5. The molecule has 1 amide bonds. The summed E-state index contributed by atoms with van der Waals surface area (Å²) in [6, 6.07) is -0.628. The second-order valence-electron chi connectivity index (χ2n) is 3.42. The van der Waals surface area contributed by atoms with E-state index in [1.807, 2.05) is 7.05 Å². The summed E-state index contributed by atoms with van der Waals surface area (Å²) >= 11 is 1.49. The Morgan fingerprint density at radius 3 is 2.93 bits per heavy atom. The van der Waals surface area contributed by atoms with E-state index >= 15 is 0 Å². The average Bonchev–Trinajstić information content (AvgIpc) is 2.66. The molecule has 0 aliphatic carbocycles. The first kappa shape index (κ1) is 12.3. The van der Waals surface area contributed by atoms with Gasteiger partial charge in [-0.05, 0) is 20.0 Å². The third-order valence-corrected chi connectivity index (χ3v) is 3.32. The van der Waals surface area contributed by atoms with Gasteiger partial charge in [-0.2, -0.15) is 0 Å². The quantitative estimate of drug-likeness (QED) is 0.652. The fraction of sp³-hybridized carbons (Fsp3) is 0.778. The lowest BCUT2D eigenvalue weighted by Crippen LogP contribution is -2.41. The number of carboxylic acids is 1. The number of nitrogens with zero attached hydrogens (tertiary/aromatic N) is 1. The molecule has 1 aliphatic rings. The molecule has 1 rings (SSSR count). The molecule has 1 heterocycles. The fourth-order valence-corrected chi connectivity index (χ4v) is 2.62. The summed E-state index contributed by atoms with van der Waals surface area (Å²) in [5, 5.41) is 11.8. The Hall–Kier alpha value is -0.750. The van der Waals surface area contributed by atoms with Crippen molar-refractivity contribution in [1.29, 1.82) is 0 Å². The highest BCUT2D eigenvalue weighted by Gasteiger charge is 2.33. The molecule has 86 valence electrons. The zero-order valence-electron chi connectivity index (χ0n) is 8.73. The zero-order chi connectivity index (χ0) is 11.3. The predicted molar refractivity (Wildman–Crippen MR) is 58.8 cm³/mol. The van der Waals surface area contributed by atoms with Gasteiger partial charge in [0.2, 0.25) is 5.91 Å². The molecule has 0 aromatic carbocycles. The minimum atomic E-state index is -0.901. The van der Waals surface area contributed by atoms with Gasteiger partial charge in [0.25, 0.3) is 0 Å². The summed E-state index contributed by atoms with van der Waals surface area (Å²) in [5.74, 6) is 0.0623. The molecule has 1 atom stereocenters. The molecule has 1 saturated heterocycles. The first-order valence-corrected chi connectivity index (χ1v) is 6.07. The molecule has 5 nitrogen and oxygen atoms in total. The first-order chi connectivity index (χ1) is 7.16. The van der Waals surface area contributed by atoms with Gasteiger partial charge in [0, 0.05) is 12.2 Å². The smallest absolute Gasteiger partial charge is 0.327 e. The van der Waals surface area contributed by atoms with E-state index in [0.29, 0.717) is 18.1 Å². The highest BCUT2D eigenvalue weighted by molar-refractivity contribution is 7.99. The summed E-state index contributed by atoms with van der Waals surface area (Å²) in [6.45, 7) is 0.782. The van der Waals surface area contributed by atoms with Crippen LogP contribution in [0.4, 0.5) is 0 Å². The lowest BCUT2D eigenvalue weighted by Gasteiger charge is -2.20. The van der Waals surface area contributed by atoms with Gasteiger partial charge in [-0.25, -0.2) is 4.79 Å². The molecular weight excluding hydrogens is 216 g/mol. The Morgan fingerprint density at radius 1 is 1.60 bits per heavy atom. The fourth-order valence-electron chi connectivity index (χ4n) is 1.45. The molecule has 0 aromatic heterocycles. The van der Waals surface area contributed by atoms with Gasteiger partial charge in [0.15, 0.2) is 0 Å². The monoisotopic (exact) mass is 232 g/mol. The van der Waals surface area contributed by atoms with Gasteiger partial charge in [0.05, 0.1) is 5.88 Å². The second-order valence-corrected chi connectivity index (χ2v) is 4.42. The van der Waals surface area contributed by atoms with Crippen molar-refractivity contribution in [1.82, 2.24) is 10.2 Å². The van der Waals surface area contributed by atoms with Gasteiger partial charge in [-0.3, -0.25) is 4.79 Å². The van der Waals surface area contributed by atoms with Crippen LogP contribution in [0.5, 0.6) is 0 Å². The van der Waals surface area contributed by atoms with Crippen LogP contribution in [0.3, 0.4) is 0 Å². The molecule has 2 N–H and O–H groups in total. The van der Waals surface area contributed by atoms with Crippen molar-refractivity contribution < 1.29 is 14.7 Å². The van der Waals surface area contributed by atoms with Crippen molar-refractivity contribution in [3.63, 3.8) is 0 Å². The summed E-state index contributed by atoms with van der Waals surface area (Å²) in [6.07, 6.45) is 1.17. The van der Waals surface area contributed by atoms with E-state index in [1.165, 1.54) is 16.7 Å². The number of aliphatic carboxylic acids is 1. The van der Waals surface area contributed by atoms with E-state index in [-0.39, 0.29) is 5.91 Å². The molecule has 0 bridgehead atoms. The molecule has 0 spiro atoms. The maximum Gasteiger partial charge on any atom is 0.327 e. The molecule has 1 aliphatic heterocycles. The van der Waals surface area contributed by atoms with E-state index in [0.717, 1.165) is 13.0 Å². The topological polar surface area (TPSA) is 69.6 Å². The van der Waals surface area contributed by atoms with Crippen molar-refractivity contribution in [3.8, 4) is 0 Å². The summed E-state index contributed by atoms with van der Waals surface area (Å²) in [5.41, 5.74) is 0. The van der Waals surface area contributed by atoms with Gasteiger partial charge in [0.1, 0.15) is 6.04 Å². The van der Waals surface area contributed by atoms with E-state index in [9.17, 15) is 9.59 Å². The summed E-state index contributed by atoms with van der Waals surface area (Å²) in [4.78, 5) is 23.9. The molecule has 0 unspecified atom stereocenters. The number of carbonyl (C=O) groups is 2. The number of nitrogens with one attached hydrogen (secondary N) is 1. The van der Waals surface area contributed by atoms with E-state index in [1.54, 1.807) is 0 Å². The summed E-state index contributed by atoms with van der Waals surface area (Å²) < 4.78 is 0. The number of carbonyl (C=O) groups excluding carboxylic acids is 1. The molecular formula is C9H16N2O3S. The van der Waals surface area contributed by atoms with Gasteiger partial charge < -0.3 is 15.3 Å². The maximum atomic E-state index is 11.7. The SMILES string of the molecule is CNCCCC(=O)N1CSC[C@H]1C(=O)O. The molecule has 0 aromatic rings. The van der Waals surface area contributed by atoms with Crippen molar-refractivity contribution in [2.45, 2.75) is 18.9 Å². The molecule has 15 heavy (non-hydrogen) atoms. The van der Waals surface area contributed by atoms with Crippen LogP contribution in [0.1, 0.15) is 12.8 Å². The normalized spacial score (nSPS) is 20.6. The van der Waals surface area contributed by atoms with Crippen molar-refractivity contribution in [2.75, 3.05) is 25.2 Å². The number of hydrogen-bond acceptors (Lipinski definition) is 4. The number of thioether (sulfide) groups is 1. The maximum absolute atomic E-state index is 11.7. The van der Waals surface area contributed by atoms with Crippen molar-refractivity contribution in [3.05, 3.63) is 0 Å². The van der Waals surface area contributed by atoms with Crippen LogP contribution in [0.25, 0.3) is 0 Å². The van der Waals surface area contributed by atoms with Crippen molar-refractivity contribution >= 4 is 23.6 Å². The number of amides is 1. The second kappa shape index (κ2) is 5.97. The van der Waals surface area contributed by atoms with Crippen LogP contribution in [0, 0.1) is 0 Å². The van der Waals surface area contributed by atoms with Crippen molar-refractivity contribution in [2.24, 2.45) is 0 Å². The Balaban J connectivity index is 2.40. The Morgan fingerprint density at radius 2 is 2.33 bits per heavy atom. The van der Waals surface area contributed by atoms with Crippen LogP contribution in [-0.2, 0) is 9.59 Å². The third-order valence-electron chi connectivity index (χ3n) is 2.31. The van der Waals surface area contributed by atoms with Crippen LogP contribution >= 0.6 is 11.8 Å². The Labute approximate surface area is 93.2 Å². The summed E-state index contributed by atoms with van der Waals surface area (Å²) in [7, 11) is 1.83. The lowest BCUT2D eigenvalue weighted by atomic mass is 10.2. The largest absolute Gasteiger partial charge is 0.480 e. The minimum Gasteiger partial charge on any atom is -0.480 e. The average molecular weight is 232 g/mol. The number of carboxylic acid groups (broad SMARTS) is 1. The van der Waals surface area contributed by atoms with Crippen LogP contribution in [0.2, 0.25) is 0 Å². The lowest BCUT2D eigenvalue weighted by molar-refractivity contribution is -0.147. The molecule has 0 saturated carbocycles. The molecule has 0 radical (unpaired) electrons. The Kier molecular flexibility index (Phi) is 4.90. The van der Waals surface area contributed by atoms with Crippen LogP contribution in [-0.4, -0.2) is 53.1 Å². The predicted octanol–water partition coefficient (Wildman–Crippen LogP) is -0.0279. The van der Waals surface area contributed by atoms with E-state index < -0.39 is 12.0 Å². The minimum absolute atomic E-state index is 0.0531. The number of hydrogen-bond donors (Lipinski definition) is 2. The Bertz CT molecular complexity index is 248. The standard InChI is InChI=1S/C9H16N2O3S/c1-10-4-2-3-8(12)11-6-15-5-7(11)9(13)14/h7,10H,2-6H2,1H3,(H,13,14)/t7-/m0/s1. The molecule has 1 fully saturated rings. The van der Waals surface area contributed by atoms with Crippen LogP contribution in [0.15, 0.2) is 0 Å². The van der Waals surface area contributed by atoms with Gasteiger partial charge >= 0.3 is 5.97 Å².